The third kappa shape index (κ3) is 4.24. The number of hydrogen-bond acceptors (Lipinski definition) is 5. The normalized spacial score (nSPS) is 17.7. The number of nitrogens with zero attached hydrogens (tertiary/aromatic N) is 4. The molecule has 1 unspecified atom stereocenters. The fourth-order valence-electron chi connectivity index (χ4n) is 4.84. The standard InChI is InChI=1S/C27H30N4O2/c1-29(2)18-19-33-24-12-6-5-10-22(24)27(32)31-16-14-30(15-17-31)26-21-9-4-3-8-20(21)25-23(26)11-7-13-28-25/h3-13,26H,14-19H2,1-2H3. The van der Waals surface area contributed by atoms with Crippen LogP contribution in [0.1, 0.15) is 27.5 Å². The van der Waals surface area contributed by atoms with Crippen LogP contribution in [-0.4, -0.2) is 79.0 Å². The number of ether oxygens (including phenoxy) is 1. The molecule has 0 bridgehead atoms. The van der Waals surface area contributed by atoms with Crippen LogP contribution in [0.3, 0.4) is 0 Å². The van der Waals surface area contributed by atoms with Gasteiger partial charge in [0.15, 0.2) is 0 Å². The van der Waals surface area contributed by atoms with E-state index in [4.69, 9.17) is 4.74 Å². The molecule has 1 amide bonds. The summed E-state index contributed by atoms with van der Waals surface area (Å²) in [4.78, 5) is 24.5. The van der Waals surface area contributed by atoms with Crippen LogP contribution in [0.15, 0.2) is 66.9 Å². The Morgan fingerprint density at radius 3 is 2.52 bits per heavy atom. The van der Waals surface area contributed by atoms with Gasteiger partial charge in [-0.1, -0.05) is 42.5 Å². The summed E-state index contributed by atoms with van der Waals surface area (Å²) in [5.41, 5.74) is 5.52. The highest BCUT2D eigenvalue weighted by atomic mass is 16.5. The molecule has 0 N–H and O–H groups in total. The van der Waals surface area contributed by atoms with Crippen molar-refractivity contribution in [2.45, 2.75) is 6.04 Å². The Bertz CT molecular complexity index is 1090. The number of para-hydroxylation sites is 1. The van der Waals surface area contributed by atoms with Gasteiger partial charge >= 0.3 is 0 Å². The summed E-state index contributed by atoms with van der Waals surface area (Å²) in [6, 6.07) is 20.5. The van der Waals surface area contributed by atoms with Gasteiger partial charge in [0.05, 0.1) is 17.3 Å². The monoisotopic (exact) mass is 442 g/mol. The highest BCUT2D eigenvalue weighted by Crippen LogP contribution is 2.45. The number of fused-ring (bicyclic) bond motifs is 3. The molecular weight excluding hydrogens is 412 g/mol. The number of carbonyl (C=O) groups excluding carboxylic acids is 1. The molecule has 1 saturated heterocycles. The molecule has 1 fully saturated rings. The van der Waals surface area contributed by atoms with Gasteiger partial charge in [-0.05, 0) is 37.9 Å². The van der Waals surface area contributed by atoms with E-state index in [0.29, 0.717) is 31.0 Å². The van der Waals surface area contributed by atoms with Crippen LogP contribution in [0, 0.1) is 0 Å². The summed E-state index contributed by atoms with van der Waals surface area (Å²) in [6.07, 6.45) is 1.87. The van der Waals surface area contributed by atoms with Crippen LogP contribution in [-0.2, 0) is 0 Å². The number of benzene rings is 2. The van der Waals surface area contributed by atoms with E-state index >= 15 is 0 Å². The predicted octanol–water partition coefficient (Wildman–Crippen LogP) is 3.55. The average Bonchev–Trinajstić information content (AvgIpc) is 3.18. The summed E-state index contributed by atoms with van der Waals surface area (Å²) in [5, 5.41) is 0. The minimum absolute atomic E-state index is 0.0454. The number of hydrogen-bond donors (Lipinski definition) is 0. The van der Waals surface area contributed by atoms with E-state index in [1.165, 1.54) is 16.7 Å². The number of rotatable bonds is 6. The number of likely N-dealkylation sites (N-methyl/N-ethyl adjacent to an activating group) is 1. The Morgan fingerprint density at radius 2 is 1.70 bits per heavy atom. The molecule has 1 aliphatic carbocycles. The Morgan fingerprint density at radius 1 is 0.970 bits per heavy atom. The summed E-state index contributed by atoms with van der Waals surface area (Å²) in [5.74, 6) is 0.709. The molecule has 2 aromatic carbocycles. The van der Waals surface area contributed by atoms with Gasteiger partial charge in [0.25, 0.3) is 5.91 Å². The van der Waals surface area contributed by atoms with Gasteiger partial charge in [-0.2, -0.15) is 0 Å². The smallest absolute Gasteiger partial charge is 0.257 e. The zero-order valence-electron chi connectivity index (χ0n) is 19.3. The number of amides is 1. The molecular formula is C27H30N4O2. The predicted molar refractivity (Wildman–Crippen MR) is 129 cm³/mol. The molecule has 6 heteroatoms. The topological polar surface area (TPSA) is 48.9 Å². The second kappa shape index (κ2) is 9.33. The van der Waals surface area contributed by atoms with Crippen LogP contribution < -0.4 is 4.74 Å². The summed E-state index contributed by atoms with van der Waals surface area (Å²) in [7, 11) is 4.02. The number of pyridine rings is 1. The van der Waals surface area contributed by atoms with Crippen LogP contribution in [0.25, 0.3) is 11.3 Å². The van der Waals surface area contributed by atoms with Crippen LogP contribution in [0.2, 0.25) is 0 Å². The Labute approximate surface area is 195 Å². The fourth-order valence-corrected chi connectivity index (χ4v) is 4.84. The maximum Gasteiger partial charge on any atom is 0.257 e. The van der Waals surface area contributed by atoms with Gasteiger partial charge in [0, 0.05) is 50.0 Å². The van der Waals surface area contributed by atoms with Crippen molar-refractivity contribution in [2.24, 2.45) is 0 Å². The zero-order valence-corrected chi connectivity index (χ0v) is 19.3. The summed E-state index contributed by atoms with van der Waals surface area (Å²) in [6.45, 7) is 4.39. The highest BCUT2D eigenvalue weighted by Gasteiger charge is 2.36. The van der Waals surface area contributed by atoms with Gasteiger partial charge in [0.2, 0.25) is 0 Å². The van der Waals surface area contributed by atoms with Gasteiger partial charge in [0.1, 0.15) is 12.4 Å². The van der Waals surface area contributed by atoms with Crippen LogP contribution >= 0.6 is 0 Å². The summed E-state index contributed by atoms with van der Waals surface area (Å²) < 4.78 is 5.93. The van der Waals surface area contributed by atoms with Crippen molar-refractivity contribution in [1.29, 1.82) is 0 Å². The van der Waals surface area contributed by atoms with E-state index < -0.39 is 0 Å². The molecule has 5 rings (SSSR count). The number of aromatic nitrogens is 1. The average molecular weight is 443 g/mol. The molecule has 6 nitrogen and oxygen atoms in total. The van der Waals surface area contributed by atoms with E-state index in [-0.39, 0.29) is 11.9 Å². The van der Waals surface area contributed by atoms with E-state index in [2.05, 4.69) is 45.1 Å². The van der Waals surface area contributed by atoms with E-state index in [1.54, 1.807) is 0 Å². The van der Waals surface area contributed by atoms with Crippen molar-refractivity contribution in [3.63, 3.8) is 0 Å². The molecule has 1 atom stereocenters. The second-order valence-corrected chi connectivity index (χ2v) is 8.91. The van der Waals surface area contributed by atoms with E-state index in [1.807, 2.05) is 55.5 Å². The Hall–Kier alpha value is -3.22. The molecule has 0 saturated carbocycles. The minimum atomic E-state index is 0.0454. The van der Waals surface area contributed by atoms with Crippen LogP contribution in [0.4, 0.5) is 0 Å². The molecule has 3 aromatic rings. The molecule has 170 valence electrons. The first-order valence-corrected chi connectivity index (χ1v) is 11.6. The van der Waals surface area contributed by atoms with E-state index in [9.17, 15) is 4.79 Å². The first kappa shape index (κ1) is 21.6. The van der Waals surface area contributed by atoms with Crippen molar-refractivity contribution in [3.05, 3.63) is 83.6 Å². The lowest BCUT2D eigenvalue weighted by Crippen LogP contribution is -2.49. The second-order valence-electron chi connectivity index (χ2n) is 8.91. The lowest BCUT2D eigenvalue weighted by Gasteiger charge is -2.38. The highest BCUT2D eigenvalue weighted by molar-refractivity contribution is 5.97. The van der Waals surface area contributed by atoms with E-state index in [0.717, 1.165) is 25.3 Å². The molecule has 1 aliphatic heterocycles. The number of carbonyl (C=O) groups is 1. The third-order valence-electron chi connectivity index (χ3n) is 6.52. The lowest BCUT2D eigenvalue weighted by molar-refractivity contribution is 0.0595. The SMILES string of the molecule is CN(C)CCOc1ccccc1C(=O)N1CCN(C2c3ccccc3-c3ncccc32)CC1. The molecule has 2 heterocycles. The van der Waals surface area contributed by atoms with Gasteiger partial charge in [-0.3, -0.25) is 14.7 Å². The molecule has 0 radical (unpaired) electrons. The molecule has 1 aromatic heterocycles. The Kier molecular flexibility index (Phi) is 6.11. The fraction of sp³-hybridized carbons (Fsp3) is 0.333. The van der Waals surface area contributed by atoms with Crippen molar-refractivity contribution in [3.8, 4) is 17.0 Å². The van der Waals surface area contributed by atoms with Gasteiger partial charge < -0.3 is 14.5 Å². The largest absolute Gasteiger partial charge is 0.491 e. The van der Waals surface area contributed by atoms with Gasteiger partial charge in [-0.25, -0.2) is 0 Å². The first-order valence-electron chi connectivity index (χ1n) is 11.6. The number of piperazine rings is 1. The first-order chi connectivity index (χ1) is 16.1. The van der Waals surface area contributed by atoms with Crippen molar-refractivity contribution in [2.75, 3.05) is 53.4 Å². The van der Waals surface area contributed by atoms with Crippen molar-refractivity contribution in [1.82, 2.24) is 19.7 Å². The molecule has 0 spiro atoms. The lowest BCUT2D eigenvalue weighted by atomic mass is 10.0. The maximum atomic E-state index is 13.3. The quantitative estimate of drug-likeness (QED) is 0.584. The van der Waals surface area contributed by atoms with Crippen molar-refractivity contribution < 1.29 is 9.53 Å². The van der Waals surface area contributed by atoms with Crippen LogP contribution in [0.5, 0.6) is 5.75 Å². The Balaban J connectivity index is 1.29. The molecule has 2 aliphatic rings. The van der Waals surface area contributed by atoms with Crippen molar-refractivity contribution >= 4 is 5.91 Å². The van der Waals surface area contributed by atoms with Gasteiger partial charge in [-0.15, -0.1) is 0 Å². The zero-order chi connectivity index (χ0) is 22.8. The summed E-state index contributed by atoms with van der Waals surface area (Å²) >= 11 is 0. The minimum Gasteiger partial charge on any atom is -0.491 e. The third-order valence-corrected chi connectivity index (χ3v) is 6.52. The maximum absolute atomic E-state index is 13.3. The molecule has 33 heavy (non-hydrogen) atoms.